The van der Waals surface area contributed by atoms with Crippen LogP contribution in [0.4, 0.5) is 0 Å². The third-order valence-electron chi connectivity index (χ3n) is 9.68. The normalized spacial score (nSPS) is 51.7. The van der Waals surface area contributed by atoms with Gasteiger partial charge in [-0.1, -0.05) is 13.8 Å². The van der Waals surface area contributed by atoms with E-state index in [-0.39, 0.29) is 23.3 Å². The first kappa shape index (κ1) is 19.4. The third kappa shape index (κ3) is 2.65. The van der Waals surface area contributed by atoms with E-state index in [9.17, 15) is 14.7 Å². The van der Waals surface area contributed by atoms with Gasteiger partial charge in [0.2, 0.25) is 0 Å². The van der Waals surface area contributed by atoms with E-state index in [2.05, 4.69) is 13.8 Å². The number of fused-ring (bicyclic) bond motifs is 5. The van der Waals surface area contributed by atoms with Gasteiger partial charge in [0.05, 0.1) is 0 Å². The third-order valence-corrected chi connectivity index (χ3v) is 9.68. The first-order valence-corrected chi connectivity index (χ1v) is 11.0. The number of carbonyl (C=O) groups is 2. The van der Waals surface area contributed by atoms with Crippen LogP contribution in [0.1, 0.15) is 85.5 Å². The molecule has 0 bridgehead atoms. The molecule has 0 radical (unpaired) electrons. The summed E-state index contributed by atoms with van der Waals surface area (Å²) < 4.78 is 5.55. The van der Waals surface area contributed by atoms with Gasteiger partial charge in [0, 0.05) is 12.3 Å². The maximum absolute atomic E-state index is 12.3. The molecule has 4 saturated carbocycles. The molecule has 4 aliphatic rings. The summed E-state index contributed by atoms with van der Waals surface area (Å²) in [7, 11) is 0. The Labute approximate surface area is 163 Å². The Kier molecular flexibility index (Phi) is 4.53. The predicted octanol–water partition coefficient (Wildman–Crippen LogP) is 4.28. The predicted molar refractivity (Wildman–Crippen MR) is 103 cm³/mol. The lowest BCUT2D eigenvalue weighted by atomic mass is 9.44. The highest BCUT2D eigenvalue weighted by Crippen LogP contribution is 2.68. The fourth-order valence-corrected chi connectivity index (χ4v) is 8.15. The number of rotatable bonds is 2. The summed E-state index contributed by atoms with van der Waals surface area (Å²) in [5.41, 5.74) is -1.05. The fraction of sp³-hybridized carbons (Fsp3) is 0.913. The molecule has 5 unspecified atom stereocenters. The van der Waals surface area contributed by atoms with Gasteiger partial charge in [-0.05, 0) is 93.8 Å². The minimum absolute atomic E-state index is 0.0345. The summed E-state index contributed by atoms with van der Waals surface area (Å²) in [5.74, 6) is 2.22. The second kappa shape index (κ2) is 6.30. The molecule has 0 aromatic rings. The van der Waals surface area contributed by atoms with E-state index in [4.69, 9.17) is 4.74 Å². The van der Waals surface area contributed by atoms with Gasteiger partial charge in [-0.15, -0.1) is 0 Å². The van der Waals surface area contributed by atoms with Crippen LogP contribution < -0.4 is 0 Å². The van der Waals surface area contributed by atoms with Crippen LogP contribution in [-0.2, 0) is 14.3 Å². The Morgan fingerprint density at radius 1 is 0.926 bits per heavy atom. The smallest absolute Gasteiger partial charge is 0.302 e. The first-order chi connectivity index (χ1) is 12.6. The molecule has 0 saturated heterocycles. The van der Waals surface area contributed by atoms with E-state index in [1.165, 1.54) is 19.8 Å². The van der Waals surface area contributed by atoms with Crippen LogP contribution in [0.15, 0.2) is 0 Å². The summed E-state index contributed by atoms with van der Waals surface area (Å²) in [6.07, 6.45) is 9.34. The lowest BCUT2D eigenvalue weighted by Gasteiger charge is -2.61. The molecule has 4 aliphatic carbocycles. The molecule has 4 heteroatoms. The standard InChI is InChI=1S/C23H36O4/c1-14(24)23(26)12-9-20-18-6-5-16-13-17(27-15(2)25)7-10-21(16,3)19(18)8-11-22(20,23)4/h16-20,26H,5-13H2,1-4H3/t16-,17+,18?,19?,20?,21?,22?,23-/m0/s1. The van der Waals surface area contributed by atoms with Crippen molar-refractivity contribution in [2.75, 3.05) is 0 Å². The molecule has 0 heterocycles. The largest absolute Gasteiger partial charge is 0.463 e. The summed E-state index contributed by atoms with van der Waals surface area (Å²) >= 11 is 0. The van der Waals surface area contributed by atoms with Crippen LogP contribution in [0.25, 0.3) is 0 Å². The molecule has 0 spiro atoms. The van der Waals surface area contributed by atoms with Gasteiger partial charge in [-0.2, -0.15) is 0 Å². The number of ether oxygens (including phenoxy) is 1. The van der Waals surface area contributed by atoms with E-state index in [1.54, 1.807) is 6.92 Å². The molecule has 152 valence electrons. The van der Waals surface area contributed by atoms with E-state index in [0.717, 1.165) is 38.5 Å². The Bertz CT molecular complexity index is 644. The van der Waals surface area contributed by atoms with Crippen LogP contribution in [-0.4, -0.2) is 28.6 Å². The highest BCUT2D eigenvalue weighted by Gasteiger charge is 2.66. The van der Waals surface area contributed by atoms with Crippen LogP contribution >= 0.6 is 0 Å². The zero-order chi connectivity index (χ0) is 19.6. The van der Waals surface area contributed by atoms with E-state index < -0.39 is 5.60 Å². The van der Waals surface area contributed by atoms with Crippen molar-refractivity contribution in [2.24, 2.45) is 34.5 Å². The molecule has 0 amide bonds. The number of esters is 1. The Hall–Kier alpha value is -0.900. The van der Waals surface area contributed by atoms with Crippen molar-refractivity contribution in [3.8, 4) is 0 Å². The highest BCUT2D eigenvalue weighted by molar-refractivity contribution is 5.86. The first-order valence-electron chi connectivity index (χ1n) is 11.0. The van der Waals surface area contributed by atoms with Crippen LogP contribution in [0.5, 0.6) is 0 Å². The molecule has 4 rings (SSSR count). The Morgan fingerprint density at radius 3 is 2.30 bits per heavy atom. The van der Waals surface area contributed by atoms with Crippen molar-refractivity contribution in [3.05, 3.63) is 0 Å². The van der Waals surface area contributed by atoms with Gasteiger partial charge in [0.15, 0.2) is 5.78 Å². The fourth-order valence-electron chi connectivity index (χ4n) is 8.15. The minimum Gasteiger partial charge on any atom is -0.463 e. The summed E-state index contributed by atoms with van der Waals surface area (Å²) in [6.45, 7) is 7.76. The van der Waals surface area contributed by atoms with Crippen molar-refractivity contribution < 1.29 is 19.4 Å². The van der Waals surface area contributed by atoms with E-state index in [1.807, 2.05) is 0 Å². The number of ketones is 1. The average molecular weight is 377 g/mol. The average Bonchev–Trinajstić information content (AvgIpc) is 2.87. The molecule has 0 aliphatic heterocycles. The molecule has 27 heavy (non-hydrogen) atoms. The van der Waals surface area contributed by atoms with Gasteiger partial charge in [0.1, 0.15) is 11.7 Å². The van der Waals surface area contributed by atoms with Crippen molar-refractivity contribution in [1.29, 1.82) is 0 Å². The second-order valence-electron chi connectivity index (χ2n) is 10.6. The van der Waals surface area contributed by atoms with Gasteiger partial charge in [-0.3, -0.25) is 9.59 Å². The number of aliphatic hydroxyl groups is 1. The molecular weight excluding hydrogens is 340 g/mol. The zero-order valence-electron chi connectivity index (χ0n) is 17.4. The SMILES string of the molecule is CC(=O)O[C@@H]1CCC2(C)C3CCC4(C)C(CC[C@]4(O)C(C)=O)C3CC[C@H]2C1. The number of hydrogen-bond acceptors (Lipinski definition) is 4. The quantitative estimate of drug-likeness (QED) is 0.731. The topological polar surface area (TPSA) is 63.6 Å². The zero-order valence-corrected chi connectivity index (χ0v) is 17.4. The van der Waals surface area contributed by atoms with Gasteiger partial charge in [0.25, 0.3) is 0 Å². The van der Waals surface area contributed by atoms with Crippen molar-refractivity contribution >= 4 is 11.8 Å². The van der Waals surface area contributed by atoms with Gasteiger partial charge < -0.3 is 9.84 Å². The van der Waals surface area contributed by atoms with Crippen molar-refractivity contribution in [1.82, 2.24) is 0 Å². The molecule has 0 aromatic carbocycles. The summed E-state index contributed by atoms with van der Waals surface area (Å²) in [5, 5.41) is 11.2. The lowest BCUT2D eigenvalue weighted by molar-refractivity contribution is -0.175. The van der Waals surface area contributed by atoms with Gasteiger partial charge in [-0.25, -0.2) is 0 Å². The maximum Gasteiger partial charge on any atom is 0.302 e. The minimum atomic E-state index is -1.12. The molecule has 8 atom stereocenters. The van der Waals surface area contributed by atoms with E-state index >= 15 is 0 Å². The Balaban J connectivity index is 1.56. The van der Waals surface area contributed by atoms with Crippen molar-refractivity contribution in [3.63, 3.8) is 0 Å². The Morgan fingerprint density at radius 2 is 1.63 bits per heavy atom. The van der Waals surface area contributed by atoms with Crippen molar-refractivity contribution in [2.45, 2.75) is 97.2 Å². The summed E-state index contributed by atoms with van der Waals surface area (Å²) in [6, 6.07) is 0. The monoisotopic (exact) mass is 376 g/mol. The summed E-state index contributed by atoms with van der Waals surface area (Å²) in [4.78, 5) is 23.7. The maximum atomic E-state index is 12.3. The van der Waals surface area contributed by atoms with Crippen LogP contribution in [0, 0.1) is 34.5 Å². The lowest BCUT2D eigenvalue weighted by Crippen LogP contribution is -2.58. The molecule has 4 fully saturated rings. The van der Waals surface area contributed by atoms with Gasteiger partial charge >= 0.3 is 5.97 Å². The number of hydrogen-bond donors (Lipinski definition) is 1. The molecular formula is C23H36O4. The molecule has 4 nitrogen and oxygen atoms in total. The molecule has 1 N–H and O–H groups in total. The van der Waals surface area contributed by atoms with Crippen LogP contribution in [0.2, 0.25) is 0 Å². The van der Waals surface area contributed by atoms with Crippen LogP contribution in [0.3, 0.4) is 0 Å². The second-order valence-corrected chi connectivity index (χ2v) is 10.6. The highest BCUT2D eigenvalue weighted by atomic mass is 16.5. The van der Waals surface area contributed by atoms with E-state index in [0.29, 0.717) is 35.5 Å². The number of Topliss-reactive ketones (excluding diaryl/α,β-unsaturated/α-hetero) is 1. The molecule has 0 aromatic heterocycles. The number of carbonyl (C=O) groups excluding carboxylic acids is 2.